The molecule has 0 unspecified atom stereocenters. The number of thioether (sulfide) groups is 1. The summed E-state index contributed by atoms with van der Waals surface area (Å²) in [5, 5.41) is 19.6. The van der Waals surface area contributed by atoms with Gasteiger partial charge >= 0.3 is 0 Å². The van der Waals surface area contributed by atoms with Gasteiger partial charge in [-0.05, 0) is 24.5 Å². The third-order valence-corrected chi connectivity index (χ3v) is 2.84. The monoisotopic (exact) mass is 263 g/mol. The lowest BCUT2D eigenvalue weighted by Gasteiger charge is -2.01. The van der Waals surface area contributed by atoms with E-state index in [0.717, 1.165) is 11.0 Å². The molecule has 1 aromatic rings. The molecule has 0 spiro atoms. The maximum absolute atomic E-state index is 10.9. The highest BCUT2D eigenvalue weighted by Gasteiger charge is 2.14. The summed E-state index contributed by atoms with van der Waals surface area (Å²) in [5.74, 6) is -0.915. The fourth-order valence-corrected chi connectivity index (χ4v) is 1.70. The highest BCUT2D eigenvalue weighted by atomic mass is 32.2. The molecule has 0 heterocycles. The first kappa shape index (κ1) is 13.7. The summed E-state index contributed by atoms with van der Waals surface area (Å²) in [6.45, 7) is 0. The summed E-state index contributed by atoms with van der Waals surface area (Å²) in [6, 6.07) is 6.06. The van der Waals surface area contributed by atoms with Crippen LogP contribution in [0.15, 0.2) is 28.7 Å². The Kier molecular flexibility index (Phi) is 4.45. The molecule has 6 nitrogen and oxygen atoms in total. The van der Waals surface area contributed by atoms with Crippen LogP contribution in [0.5, 0.6) is 0 Å². The van der Waals surface area contributed by atoms with Crippen molar-refractivity contribution in [3.8, 4) is 6.07 Å². The van der Waals surface area contributed by atoms with E-state index in [4.69, 9.17) is 11.0 Å². The quantitative estimate of drug-likeness (QED) is 0.292. The predicted octanol–water partition coefficient (Wildman–Crippen LogP) is 1.71. The second-order valence-corrected chi connectivity index (χ2v) is 4.10. The van der Waals surface area contributed by atoms with Gasteiger partial charge in [0.05, 0.1) is 10.5 Å². The molecule has 7 heteroatoms. The normalized spacial score (nSPS) is 10.8. The molecule has 0 saturated heterocycles. The molecule has 0 atom stereocenters. The van der Waals surface area contributed by atoms with Crippen molar-refractivity contribution in [1.82, 2.24) is 0 Å². The van der Waals surface area contributed by atoms with Crippen LogP contribution in [-0.4, -0.2) is 17.1 Å². The number of carbonyl (C=O) groups is 1. The van der Waals surface area contributed by atoms with Gasteiger partial charge in [0.1, 0.15) is 11.6 Å². The molecular formula is C11H9N3O3S. The molecular weight excluding hydrogens is 254 g/mol. The maximum atomic E-state index is 10.9. The van der Waals surface area contributed by atoms with Crippen LogP contribution in [0.3, 0.4) is 0 Å². The molecule has 18 heavy (non-hydrogen) atoms. The van der Waals surface area contributed by atoms with Gasteiger partial charge in [-0.3, -0.25) is 14.9 Å². The molecule has 0 aliphatic heterocycles. The van der Waals surface area contributed by atoms with Crippen molar-refractivity contribution in [2.45, 2.75) is 4.90 Å². The van der Waals surface area contributed by atoms with E-state index in [1.165, 1.54) is 23.9 Å². The van der Waals surface area contributed by atoms with E-state index in [1.54, 1.807) is 12.1 Å². The summed E-state index contributed by atoms with van der Waals surface area (Å²) >= 11 is 1.40. The molecule has 0 aliphatic carbocycles. The molecule has 0 radical (unpaired) electrons. The van der Waals surface area contributed by atoms with E-state index >= 15 is 0 Å². The van der Waals surface area contributed by atoms with Gasteiger partial charge in [0.25, 0.3) is 11.6 Å². The zero-order chi connectivity index (χ0) is 13.7. The standard InChI is InChI=1S/C11H9N3O3S/c1-18-9-2-3-10(14(16)17)7(5-9)4-8(6-12)11(13)15/h2-5H,1H3,(H2,13,15)/b8-4+. The Bertz CT molecular complexity index is 575. The molecule has 1 aromatic carbocycles. The van der Waals surface area contributed by atoms with Gasteiger partial charge in [0, 0.05) is 11.0 Å². The minimum absolute atomic E-state index is 0.179. The Labute approximate surface area is 107 Å². The van der Waals surface area contributed by atoms with Crippen LogP contribution < -0.4 is 5.73 Å². The van der Waals surface area contributed by atoms with Crippen LogP contribution in [-0.2, 0) is 4.79 Å². The first-order chi connectivity index (χ1) is 8.49. The summed E-state index contributed by atoms with van der Waals surface area (Å²) in [7, 11) is 0. The average molecular weight is 263 g/mol. The third kappa shape index (κ3) is 3.09. The number of hydrogen-bond acceptors (Lipinski definition) is 5. The second kappa shape index (κ2) is 5.84. The van der Waals surface area contributed by atoms with E-state index in [0.29, 0.717) is 0 Å². The van der Waals surface area contributed by atoms with Crippen LogP contribution in [0.4, 0.5) is 5.69 Å². The van der Waals surface area contributed by atoms with E-state index in [2.05, 4.69) is 0 Å². The number of nitro groups is 1. The zero-order valence-corrected chi connectivity index (χ0v) is 10.2. The van der Waals surface area contributed by atoms with Gasteiger partial charge in [-0.2, -0.15) is 5.26 Å². The fraction of sp³-hybridized carbons (Fsp3) is 0.0909. The van der Waals surface area contributed by atoms with Gasteiger partial charge in [-0.1, -0.05) is 0 Å². The zero-order valence-electron chi connectivity index (χ0n) is 9.41. The van der Waals surface area contributed by atoms with Crippen LogP contribution in [0.2, 0.25) is 0 Å². The molecule has 0 bridgehead atoms. The number of nitro benzene ring substituents is 1. The van der Waals surface area contributed by atoms with E-state index in [9.17, 15) is 14.9 Å². The molecule has 0 fully saturated rings. The Morgan fingerprint density at radius 2 is 2.28 bits per heavy atom. The van der Waals surface area contributed by atoms with E-state index in [1.807, 2.05) is 6.26 Å². The van der Waals surface area contributed by atoms with Crippen LogP contribution in [0, 0.1) is 21.4 Å². The van der Waals surface area contributed by atoms with Crippen molar-refractivity contribution in [3.05, 3.63) is 39.4 Å². The number of nitrogens with two attached hydrogens (primary N) is 1. The third-order valence-electron chi connectivity index (χ3n) is 2.12. The lowest BCUT2D eigenvalue weighted by molar-refractivity contribution is -0.385. The Hall–Kier alpha value is -2.33. The number of benzene rings is 1. The number of primary amides is 1. The maximum Gasteiger partial charge on any atom is 0.276 e. The van der Waals surface area contributed by atoms with Gasteiger partial charge < -0.3 is 5.73 Å². The van der Waals surface area contributed by atoms with Crippen LogP contribution in [0.1, 0.15) is 5.56 Å². The minimum Gasteiger partial charge on any atom is -0.365 e. The lowest BCUT2D eigenvalue weighted by Crippen LogP contribution is -2.12. The highest BCUT2D eigenvalue weighted by molar-refractivity contribution is 7.98. The summed E-state index contributed by atoms with van der Waals surface area (Å²) in [5.41, 5.74) is 4.67. The van der Waals surface area contributed by atoms with Gasteiger partial charge in [-0.25, -0.2) is 0 Å². The summed E-state index contributed by atoms with van der Waals surface area (Å²) in [4.78, 5) is 22.0. The van der Waals surface area contributed by atoms with Crippen molar-refractivity contribution in [2.24, 2.45) is 5.73 Å². The number of amides is 1. The van der Waals surface area contributed by atoms with Crippen molar-refractivity contribution in [2.75, 3.05) is 6.26 Å². The van der Waals surface area contributed by atoms with Crippen molar-refractivity contribution < 1.29 is 9.72 Å². The molecule has 0 aliphatic rings. The molecule has 1 amide bonds. The Morgan fingerprint density at radius 3 is 2.72 bits per heavy atom. The first-order valence-corrected chi connectivity index (χ1v) is 5.96. The Morgan fingerprint density at radius 1 is 1.61 bits per heavy atom. The van der Waals surface area contributed by atoms with Crippen molar-refractivity contribution in [1.29, 1.82) is 5.26 Å². The van der Waals surface area contributed by atoms with Gasteiger partial charge in [0.2, 0.25) is 0 Å². The number of carbonyl (C=O) groups excluding carboxylic acids is 1. The first-order valence-electron chi connectivity index (χ1n) is 4.73. The second-order valence-electron chi connectivity index (χ2n) is 3.22. The highest BCUT2D eigenvalue weighted by Crippen LogP contribution is 2.26. The topological polar surface area (TPSA) is 110 Å². The molecule has 2 N–H and O–H groups in total. The number of nitriles is 1. The minimum atomic E-state index is -0.915. The molecule has 0 saturated carbocycles. The van der Waals surface area contributed by atoms with Crippen molar-refractivity contribution in [3.63, 3.8) is 0 Å². The van der Waals surface area contributed by atoms with E-state index < -0.39 is 10.8 Å². The van der Waals surface area contributed by atoms with Crippen LogP contribution in [0.25, 0.3) is 6.08 Å². The van der Waals surface area contributed by atoms with Crippen molar-refractivity contribution >= 4 is 29.4 Å². The van der Waals surface area contributed by atoms with Gasteiger partial charge in [0.15, 0.2) is 0 Å². The number of nitrogens with zero attached hydrogens (tertiary/aromatic N) is 2. The lowest BCUT2D eigenvalue weighted by atomic mass is 10.1. The number of rotatable bonds is 4. The smallest absolute Gasteiger partial charge is 0.276 e. The fourth-order valence-electron chi connectivity index (χ4n) is 1.26. The summed E-state index contributed by atoms with van der Waals surface area (Å²) in [6.07, 6.45) is 2.94. The summed E-state index contributed by atoms with van der Waals surface area (Å²) < 4.78 is 0. The Balaban J connectivity index is 3.41. The number of hydrogen-bond donors (Lipinski definition) is 1. The molecule has 92 valence electrons. The average Bonchev–Trinajstić information content (AvgIpc) is 2.34. The largest absolute Gasteiger partial charge is 0.365 e. The molecule has 0 aromatic heterocycles. The van der Waals surface area contributed by atoms with Gasteiger partial charge in [-0.15, -0.1) is 11.8 Å². The van der Waals surface area contributed by atoms with E-state index in [-0.39, 0.29) is 16.8 Å². The van der Waals surface area contributed by atoms with Crippen LogP contribution >= 0.6 is 11.8 Å². The molecule has 1 rings (SSSR count). The predicted molar refractivity (Wildman–Crippen MR) is 67.7 cm³/mol. The SMILES string of the molecule is CSc1ccc([N+](=O)[O-])c(/C=C(\C#N)C(N)=O)c1.